The van der Waals surface area contributed by atoms with Gasteiger partial charge in [-0.05, 0) is 79.3 Å². The number of rotatable bonds is 6. The van der Waals surface area contributed by atoms with Gasteiger partial charge >= 0.3 is 0 Å². The lowest BCUT2D eigenvalue weighted by Crippen LogP contribution is -2.37. The maximum Gasteiger partial charge on any atom is 0.251 e. The molecule has 2 heterocycles. The molecule has 5 heteroatoms. The number of carbonyl (C=O) groups is 2. The predicted octanol–water partition coefficient (Wildman–Crippen LogP) is 4.65. The molecule has 0 aliphatic carbocycles. The molecule has 0 spiro atoms. The zero-order valence-corrected chi connectivity index (χ0v) is 20.1. The lowest BCUT2D eigenvalue weighted by Gasteiger charge is -2.32. The Balaban J connectivity index is 1.23. The van der Waals surface area contributed by atoms with Crippen molar-refractivity contribution in [3.8, 4) is 0 Å². The molecular formula is C28H37N3O2. The SMILES string of the molecule is CC(=O)N1CCC(Cc2ccc(C(=O)NCc3ccc(N4CCC(C)CC4)cc3)cc2)CC1. The van der Waals surface area contributed by atoms with E-state index in [4.69, 9.17) is 0 Å². The molecule has 2 aromatic carbocycles. The van der Waals surface area contributed by atoms with Crippen LogP contribution in [0.4, 0.5) is 5.69 Å². The first-order valence-corrected chi connectivity index (χ1v) is 12.4. The largest absolute Gasteiger partial charge is 0.372 e. The van der Waals surface area contributed by atoms with Crippen LogP contribution in [0, 0.1) is 11.8 Å². The molecule has 2 aliphatic heterocycles. The second-order valence-electron chi connectivity index (χ2n) is 9.87. The molecule has 2 aliphatic rings. The normalized spacial score (nSPS) is 17.8. The van der Waals surface area contributed by atoms with Gasteiger partial charge in [-0.25, -0.2) is 0 Å². The van der Waals surface area contributed by atoms with E-state index in [1.165, 1.54) is 24.1 Å². The number of piperidine rings is 2. The van der Waals surface area contributed by atoms with Gasteiger partial charge in [0, 0.05) is 50.9 Å². The summed E-state index contributed by atoms with van der Waals surface area (Å²) < 4.78 is 0. The monoisotopic (exact) mass is 447 g/mol. The second kappa shape index (κ2) is 10.9. The van der Waals surface area contributed by atoms with Gasteiger partial charge in [0.25, 0.3) is 5.91 Å². The lowest BCUT2D eigenvalue weighted by atomic mass is 9.90. The van der Waals surface area contributed by atoms with Crippen LogP contribution in [0.1, 0.15) is 61.0 Å². The van der Waals surface area contributed by atoms with Crippen molar-refractivity contribution in [1.29, 1.82) is 0 Å². The summed E-state index contributed by atoms with van der Waals surface area (Å²) in [5.41, 5.74) is 4.35. The highest BCUT2D eigenvalue weighted by Crippen LogP contribution is 2.24. The van der Waals surface area contributed by atoms with Crippen LogP contribution in [0.3, 0.4) is 0 Å². The van der Waals surface area contributed by atoms with Crippen molar-refractivity contribution >= 4 is 17.5 Å². The Morgan fingerprint density at radius 3 is 2.06 bits per heavy atom. The van der Waals surface area contributed by atoms with Crippen molar-refractivity contribution in [3.63, 3.8) is 0 Å². The van der Waals surface area contributed by atoms with Crippen LogP contribution >= 0.6 is 0 Å². The fourth-order valence-corrected chi connectivity index (χ4v) is 4.95. The van der Waals surface area contributed by atoms with Crippen LogP contribution in [-0.4, -0.2) is 42.9 Å². The minimum absolute atomic E-state index is 0.0367. The van der Waals surface area contributed by atoms with E-state index in [2.05, 4.69) is 53.5 Å². The van der Waals surface area contributed by atoms with Gasteiger partial charge in [-0.15, -0.1) is 0 Å². The standard InChI is InChI=1S/C28H37N3O2/c1-21-11-15-31(16-12-21)27-9-5-25(6-10-27)20-29-28(33)26-7-3-23(4-8-26)19-24-13-17-30(18-14-24)22(2)32/h3-10,21,24H,11-20H2,1-2H3,(H,29,33). The summed E-state index contributed by atoms with van der Waals surface area (Å²) >= 11 is 0. The Morgan fingerprint density at radius 2 is 1.45 bits per heavy atom. The van der Waals surface area contributed by atoms with Gasteiger partial charge in [0.1, 0.15) is 0 Å². The summed E-state index contributed by atoms with van der Waals surface area (Å²) in [7, 11) is 0. The van der Waals surface area contributed by atoms with Crippen LogP contribution < -0.4 is 10.2 Å². The van der Waals surface area contributed by atoms with E-state index in [-0.39, 0.29) is 11.8 Å². The van der Waals surface area contributed by atoms with Crippen molar-refractivity contribution in [2.75, 3.05) is 31.1 Å². The zero-order chi connectivity index (χ0) is 23.2. The smallest absolute Gasteiger partial charge is 0.251 e. The average molecular weight is 448 g/mol. The third kappa shape index (κ3) is 6.37. The first kappa shape index (κ1) is 23.3. The molecule has 0 saturated carbocycles. The molecular weight excluding hydrogens is 410 g/mol. The Kier molecular flexibility index (Phi) is 7.69. The minimum atomic E-state index is -0.0367. The summed E-state index contributed by atoms with van der Waals surface area (Å²) in [4.78, 5) is 28.5. The van der Waals surface area contributed by atoms with Gasteiger partial charge in [0.2, 0.25) is 5.91 Å². The maximum atomic E-state index is 12.6. The number of amides is 2. The minimum Gasteiger partial charge on any atom is -0.372 e. The lowest BCUT2D eigenvalue weighted by molar-refractivity contribution is -0.130. The van der Waals surface area contributed by atoms with Gasteiger partial charge in [-0.2, -0.15) is 0 Å². The van der Waals surface area contributed by atoms with Gasteiger partial charge in [0.05, 0.1) is 0 Å². The number of hydrogen-bond acceptors (Lipinski definition) is 3. The molecule has 2 saturated heterocycles. The third-order valence-corrected chi connectivity index (χ3v) is 7.34. The van der Waals surface area contributed by atoms with E-state index in [1.54, 1.807) is 6.92 Å². The fraction of sp³-hybridized carbons (Fsp3) is 0.500. The summed E-state index contributed by atoms with van der Waals surface area (Å²) in [6, 6.07) is 16.6. The Morgan fingerprint density at radius 1 is 0.848 bits per heavy atom. The van der Waals surface area contributed by atoms with Crippen LogP contribution in [-0.2, 0) is 17.8 Å². The van der Waals surface area contributed by atoms with Crippen molar-refractivity contribution in [2.45, 2.75) is 52.5 Å². The summed E-state index contributed by atoms with van der Waals surface area (Å²) in [6.45, 7) is 8.49. The summed E-state index contributed by atoms with van der Waals surface area (Å²) in [5.74, 6) is 1.58. The van der Waals surface area contributed by atoms with Crippen molar-refractivity contribution in [3.05, 3.63) is 65.2 Å². The highest BCUT2D eigenvalue weighted by atomic mass is 16.2. The van der Waals surface area contributed by atoms with E-state index >= 15 is 0 Å². The van der Waals surface area contributed by atoms with Gasteiger partial charge in [-0.3, -0.25) is 9.59 Å². The third-order valence-electron chi connectivity index (χ3n) is 7.34. The Labute approximate surface area is 198 Å². The number of benzene rings is 2. The molecule has 33 heavy (non-hydrogen) atoms. The van der Waals surface area contributed by atoms with Gasteiger partial charge in [0.15, 0.2) is 0 Å². The first-order chi connectivity index (χ1) is 16.0. The van der Waals surface area contributed by atoms with E-state index < -0.39 is 0 Å². The van der Waals surface area contributed by atoms with Crippen LogP contribution in [0.15, 0.2) is 48.5 Å². The second-order valence-corrected chi connectivity index (χ2v) is 9.87. The highest BCUT2D eigenvalue weighted by Gasteiger charge is 2.21. The molecule has 0 unspecified atom stereocenters. The quantitative estimate of drug-likeness (QED) is 0.701. The summed E-state index contributed by atoms with van der Waals surface area (Å²) in [6.07, 6.45) is 5.64. The molecule has 2 aromatic rings. The van der Waals surface area contributed by atoms with Crippen LogP contribution in [0.5, 0.6) is 0 Å². The van der Waals surface area contributed by atoms with E-state index in [1.807, 2.05) is 17.0 Å². The highest BCUT2D eigenvalue weighted by molar-refractivity contribution is 5.94. The number of likely N-dealkylation sites (tertiary alicyclic amines) is 1. The predicted molar refractivity (Wildman–Crippen MR) is 133 cm³/mol. The topological polar surface area (TPSA) is 52.7 Å². The van der Waals surface area contributed by atoms with E-state index in [0.29, 0.717) is 18.0 Å². The molecule has 2 fully saturated rings. The van der Waals surface area contributed by atoms with Crippen molar-refractivity contribution in [1.82, 2.24) is 10.2 Å². The molecule has 0 aromatic heterocycles. The van der Waals surface area contributed by atoms with Crippen molar-refractivity contribution < 1.29 is 9.59 Å². The fourth-order valence-electron chi connectivity index (χ4n) is 4.95. The molecule has 5 nitrogen and oxygen atoms in total. The number of nitrogens with one attached hydrogen (secondary N) is 1. The van der Waals surface area contributed by atoms with E-state index in [0.717, 1.165) is 56.9 Å². The zero-order valence-electron chi connectivity index (χ0n) is 20.1. The number of carbonyl (C=O) groups excluding carboxylic acids is 2. The molecule has 0 bridgehead atoms. The number of hydrogen-bond donors (Lipinski definition) is 1. The van der Waals surface area contributed by atoms with Gasteiger partial charge < -0.3 is 15.1 Å². The van der Waals surface area contributed by atoms with Crippen LogP contribution in [0.25, 0.3) is 0 Å². The maximum absolute atomic E-state index is 12.6. The molecule has 4 rings (SSSR count). The first-order valence-electron chi connectivity index (χ1n) is 12.4. The molecule has 2 amide bonds. The van der Waals surface area contributed by atoms with E-state index in [9.17, 15) is 9.59 Å². The van der Waals surface area contributed by atoms with Crippen molar-refractivity contribution in [2.24, 2.45) is 11.8 Å². The number of anilines is 1. The molecule has 0 atom stereocenters. The van der Waals surface area contributed by atoms with Gasteiger partial charge in [-0.1, -0.05) is 31.2 Å². The Hall–Kier alpha value is -2.82. The molecule has 0 radical (unpaired) electrons. The average Bonchev–Trinajstić information content (AvgIpc) is 2.84. The van der Waals surface area contributed by atoms with Crippen LogP contribution in [0.2, 0.25) is 0 Å². The Bertz CT molecular complexity index is 923. The summed E-state index contributed by atoms with van der Waals surface area (Å²) in [5, 5.41) is 3.05. The molecule has 176 valence electrons. The molecule has 1 N–H and O–H groups in total. The number of nitrogens with zero attached hydrogens (tertiary/aromatic N) is 2.